The van der Waals surface area contributed by atoms with Gasteiger partial charge < -0.3 is 20.3 Å². The maximum absolute atomic E-state index is 13.2. The molecule has 0 spiro atoms. The molecule has 0 radical (unpaired) electrons. The van der Waals surface area contributed by atoms with E-state index in [1.165, 1.54) is 5.56 Å². The Morgan fingerprint density at radius 1 is 0.938 bits per heavy atom. The first-order valence-electron chi connectivity index (χ1n) is 11.1. The van der Waals surface area contributed by atoms with Crippen molar-refractivity contribution in [3.63, 3.8) is 0 Å². The highest BCUT2D eigenvalue weighted by Gasteiger charge is 2.17. The van der Waals surface area contributed by atoms with Crippen LogP contribution < -0.4 is 10.6 Å². The number of carbonyl (C=O) groups excluding carboxylic acids is 1. The maximum Gasteiger partial charge on any atom is 0.272 e. The molecule has 1 amide bonds. The van der Waals surface area contributed by atoms with Crippen molar-refractivity contribution in [3.8, 4) is 0 Å². The van der Waals surface area contributed by atoms with Gasteiger partial charge in [0.2, 0.25) is 0 Å². The third-order valence-electron chi connectivity index (χ3n) is 5.53. The zero-order valence-electron chi connectivity index (χ0n) is 18.3. The van der Waals surface area contributed by atoms with Gasteiger partial charge in [-0.15, -0.1) is 0 Å². The van der Waals surface area contributed by atoms with E-state index >= 15 is 0 Å². The number of hydrogen-bond donors (Lipinski definition) is 3. The van der Waals surface area contributed by atoms with Gasteiger partial charge in [-0.3, -0.25) is 4.79 Å². The van der Waals surface area contributed by atoms with Crippen molar-refractivity contribution in [3.05, 3.63) is 96.2 Å². The van der Waals surface area contributed by atoms with Crippen molar-refractivity contribution >= 4 is 28.2 Å². The molecule has 5 nitrogen and oxygen atoms in total. The third-order valence-corrected chi connectivity index (χ3v) is 5.53. The molecule has 0 fully saturated rings. The van der Waals surface area contributed by atoms with Crippen molar-refractivity contribution in [1.29, 1.82) is 0 Å². The zero-order valence-corrected chi connectivity index (χ0v) is 18.3. The Kier molecular flexibility index (Phi) is 6.87. The average Bonchev–Trinajstić information content (AvgIpc) is 3.17. The topological polar surface area (TPSA) is 66.3 Å². The average molecular weight is 428 g/mol. The number of para-hydroxylation sites is 1. The molecular formula is C27H29N3O2. The van der Waals surface area contributed by atoms with Crippen molar-refractivity contribution in [2.24, 2.45) is 0 Å². The molecule has 0 aliphatic heterocycles. The summed E-state index contributed by atoms with van der Waals surface area (Å²) >= 11 is 0. The van der Waals surface area contributed by atoms with Gasteiger partial charge in [0.25, 0.3) is 5.91 Å². The molecule has 0 saturated heterocycles. The monoisotopic (exact) mass is 427 g/mol. The van der Waals surface area contributed by atoms with E-state index in [2.05, 4.69) is 27.3 Å². The molecule has 1 aromatic heterocycles. The van der Waals surface area contributed by atoms with E-state index in [1.807, 2.05) is 79.7 Å². The van der Waals surface area contributed by atoms with Crippen LogP contribution in [0, 0.1) is 0 Å². The summed E-state index contributed by atoms with van der Waals surface area (Å²) in [5.41, 5.74) is 4.45. The molecule has 1 unspecified atom stereocenters. The highest BCUT2D eigenvalue weighted by molar-refractivity contribution is 6.06. The Labute approximate surface area is 188 Å². The smallest absolute Gasteiger partial charge is 0.272 e. The van der Waals surface area contributed by atoms with E-state index in [4.69, 9.17) is 0 Å². The number of rotatable bonds is 9. The maximum atomic E-state index is 13.2. The minimum atomic E-state index is -0.585. The second-order valence-corrected chi connectivity index (χ2v) is 7.96. The number of aliphatic hydroxyl groups excluding tert-OH is 1. The molecule has 0 saturated carbocycles. The van der Waals surface area contributed by atoms with Crippen LogP contribution in [-0.4, -0.2) is 21.8 Å². The second-order valence-electron chi connectivity index (χ2n) is 7.96. The van der Waals surface area contributed by atoms with E-state index in [0.29, 0.717) is 18.7 Å². The zero-order chi connectivity index (χ0) is 22.3. The summed E-state index contributed by atoms with van der Waals surface area (Å²) in [6.45, 7) is 2.73. The van der Waals surface area contributed by atoms with Crippen LogP contribution in [0.5, 0.6) is 0 Å². The number of aliphatic hydroxyl groups is 1. The Morgan fingerprint density at radius 3 is 2.38 bits per heavy atom. The summed E-state index contributed by atoms with van der Waals surface area (Å²) < 4.78 is 2.08. The molecule has 1 heterocycles. The number of aryl methyl sites for hydroxylation is 2. The minimum absolute atomic E-state index is 0.138. The van der Waals surface area contributed by atoms with Crippen LogP contribution >= 0.6 is 0 Å². The van der Waals surface area contributed by atoms with Gasteiger partial charge in [0.1, 0.15) is 11.9 Å². The summed E-state index contributed by atoms with van der Waals surface area (Å²) in [5, 5.41) is 17.2. The van der Waals surface area contributed by atoms with Gasteiger partial charge in [0.15, 0.2) is 0 Å². The summed E-state index contributed by atoms with van der Waals surface area (Å²) in [6, 6.07) is 27.7. The number of hydrogen-bond acceptors (Lipinski definition) is 3. The van der Waals surface area contributed by atoms with Crippen LogP contribution in [0.15, 0.2) is 84.9 Å². The molecule has 5 heteroatoms. The quantitative estimate of drug-likeness (QED) is 0.302. The normalized spacial score (nSPS) is 11.9. The summed E-state index contributed by atoms with van der Waals surface area (Å²) in [7, 11) is 0. The van der Waals surface area contributed by atoms with Crippen LogP contribution in [0.3, 0.4) is 0 Å². The van der Waals surface area contributed by atoms with Crippen molar-refractivity contribution in [2.45, 2.75) is 39.0 Å². The van der Waals surface area contributed by atoms with Crippen LogP contribution in [0.4, 0.5) is 11.4 Å². The molecule has 4 aromatic rings. The van der Waals surface area contributed by atoms with E-state index in [-0.39, 0.29) is 5.91 Å². The first-order chi connectivity index (χ1) is 15.6. The molecule has 0 aliphatic carbocycles. The number of amides is 1. The van der Waals surface area contributed by atoms with E-state index in [0.717, 1.165) is 35.1 Å². The van der Waals surface area contributed by atoms with Crippen molar-refractivity contribution in [1.82, 2.24) is 4.57 Å². The fourth-order valence-corrected chi connectivity index (χ4v) is 3.93. The van der Waals surface area contributed by atoms with Gasteiger partial charge >= 0.3 is 0 Å². The molecule has 0 aliphatic rings. The molecule has 4 rings (SSSR count). The number of nitrogens with zero attached hydrogens (tertiary/aromatic N) is 1. The highest BCUT2D eigenvalue weighted by Crippen LogP contribution is 2.25. The Morgan fingerprint density at radius 2 is 1.66 bits per heavy atom. The minimum Gasteiger partial charge on any atom is -0.374 e. The fourth-order valence-electron chi connectivity index (χ4n) is 3.93. The van der Waals surface area contributed by atoms with Gasteiger partial charge in [0, 0.05) is 28.8 Å². The Hall–Kier alpha value is -3.57. The van der Waals surface area contributed by atoms with Gasteiger partial charge in [-0.05, 0) is 54.8 Å². The lowest BCUT2D eigenvalue weighted by Crippen LogP contribution is -2.18. The molecule has 32 heavy (non-hydrogen) atoms. The number of aromatic nitrogens is 1. The van der Waals surface area contributed by atoms with Crippen LogP contribution in [-0.2, 0) is 13.0 Å². The van der Waals surface area contributed by atoms with Gasteiger partial charge in [-0.25, -0.2) is 0 Å². The number of anilines is 2. The molecule has 164 valence electrons. The standard InChI is InChI=1S/C27H29N3O2/c1-2-9-26(31)28-23-14-15-24-21(18-23)19-25(27(32)29-22-12-7-4-8-13-22)30(24)17-16-20-10-5-3-6-11-20/h3-8,10-15,18-19,26,28,31H,2,9,16-17H2,1H3,(H,29,32). The Balaban J connectivity index is 1.65. The molecular weight excluding hydrogens is 398 g/mol. The fraction of sp³-hybridized carbons (Fsp3) is 0.222. The van der Waals surface area contributed by atoms with Crippen molar-refractivity contribution < 1.29 is 9.90 Å². The number of fused-ring (bicyclic) bond motifs is 1. The van der Waals surface area contributed by atoms with E-state index in [9.17, 15) is 9.90 Å². The molecule has 1 atom stereocenters. The summed E-state index contributed by atoms with van der Waals surface area (Å²) in [6.07, 6.45) is 1.82. The van der Waals surface area contributed by atoms with Gasteiger partial charge in [0.05, 0.1) is 0 Å². The second kappa shape index (κ2) is 10.2. The molecule has 0 bridgehead atoms. The summed E-state index contributed by atoms with van der Waals surface area (Å²) in [4.78, 5) is 13.2. The third kappa shape index (κ3) is 5.18. The van der Waals surface area contributed by atoms with Gasteiger partial charge in [-0.1, -0.05) is 61.9 Å². The first kappa shape index (κ1) is 21.7. The number of benzene rings is 3. The van der Waals surface area contributed by atoms with Crippen LogP contribution in [0.25, 0.3) is 10.9 Å². The lowest BCUT2D eigenvalue weighted by Gasteiger charge is -2.14. The van der Waals surface area contributed by atoms with Gasteiger partial charge in [-0.2, -0.15) is 0 Å². The first-order valence-corrected chi connectivity index (χ1v) is 11.1. The SMILES string of the molecule is CCCC(O)Nc1ccc2c(c1)cc(C(=O)Nc1ccccc1)n2CCc1ccccc1. The number of carbonyl (C=O) groups is 1. The highest BCUT2D eigenvalue weighted by atomic mass is 16.3. The lowest BCUT2D eigenvalue weighted by molar-refractivity contribution is 0.101. The summed E-state index contributed by atoms with van der Waals surface area (Å²) in [5.74, 6) is -0.138. The Bertz CT molecular complexity index is 1170. The lowest BCUT2D eigenvalue weighted by atomic mass is 10.1. The molecule has 3 N–H and O–H groups in total. The van der Waals surface area contributed by atoms with Crippen LogP contribution in [0.2, 0.25) is 0 Å². The van der Waals surface area contributed by atoms with Crippen molar-refractivity contribution in [2.75, 3.05) is 10.6 Å². The number of nitrogens with one attached hydrogen (secondary N) is 2. The van der Waals surface area contributed by atoms with E-state index in [1.54, 1.807) is 0 Å². The largest absolute Gasteiger partial charge is 0.374 e. The predicted octanol–water partition coefficient (Wildman–Crippen LogP) is 5.67. The van der Waals surface area contributed by atoms with E-state index < -0.39 is 6.23 Å². The van der Waals surface area contributed by atoms with Crippen LogP contribution in [0.1, 0.15) is 35.8 Å². The molecule has 3 aromatic carbocycles. The predicted molar refractivity (Wildman–Crippen MR) is 131 cm³/mol.